The van der Waals surface area contributed by atoms with Gasteiger partial charge in [0.2, 0.25) is 5.88 Å². The average molecular weight is 450 g/mol. The quantitative estimate of drug-likeness (QED) is 0.342. The lowest BCUT2D eigenvalue weighted by Crippen LogP contribution is -2.20. The minimum Gasteiger partial charge on any atom is -0.438 e. The molecule has 0 saturated heterocycles. The highest BCUT2D eigenvalue weighted by Crippen LogP contribution is 2.24. The molecule has 4 aromatic rings. The maximum Gasteiger partial charge on any atom is 0.269 e. The molecule has 0 bridgehead atoms. The van der Waals surface area contributed by atoms with Gasteiger partial charge in [-0.2, -0.15) is 10.2 Å². The second kappa shape index (κ2) is 9.43. The van der Waals surface area contributed by atoms with E-state index in [1.807, 2.05) is 51.1 Å². The molecule has 2 aromatic carbocycles. The predicted molar refractivity (Wildman–Crippen MR) is 131 cm³/mol. The van der Waals surface area contributed by atoms with Crippen LogP contribution in [0.2, 0.25) is 0 Å². The molecule has 7 nitrogen and oxygen atoms in total. The number of pyridine rings is 1. The van der Waals surface area contributed by atoms with Gasteiger partial charge in [-0.3, -0.25) is 14.0 Å². The van der Waals surface area contributed by atoms with Gasteiger partial charge in [0.15, 0.2) is 0 Å². The number of nitrogens with zero attached hydrogens (tertiary/aromatic N) is 3. The van der Waals surface area contributed by atoms with Gasteiger partial charge in [-0.15, -0.1) is 0 Å². The second-order valence-corrected chi connectivity index (χ2v) is 7.90. The van der Waals surface area contributed by atoms with Crippen LogP contribution in [-0.4, -0.2) is 15.3 Å². The third-order valence-corrected chi connectivity index (χ3v) is 5.39. The van der Waals surface area contributed by atoms with Crippen LogP contribution < -0.4 is 15.6 Å². The highest BCUT2D eigenvalue weighted by atomic mass is 16.5. The van der Waals surface area contributed by atoms with E-state index in [2.05, 4.69) is 10.3 Å². The van der Waals surface area contributed by atoms with E-state index in [9.17, 15) is 14.9 Å². The summed E-state index contributed by atoms with van der Waals surface area (Å²) in [5, 5.41) is 12.4. The average Bonchev–Trinajstić information content (AvgIpc) is 2.83. The summed E-state index contributed by atoms with van der Waals surface area (Å²) in [5.41, 5.74) is 3.36. The zero-order valence-corrected chi connectivity index (χ0v) is 19.0. The van der Waals surface area contributed by atoms with Crippen molar-refractivity contribution in [3.63, 3.8) is 0 Å². The monoisotopic (exact) mass is 450 g/mol. The van der Waals surface area contributed by atoms with Crippen LogP contribution in [0.3, 0.4) is 0 Å². The molecule has 34 heavy (non-hydrogen) atoms. The van der Waals surface area contributed by atoms with Gasteiger partial charge in [0.05, 0.1) is 0 Å². The van der Waals surface area contributed by atoms with Gasteiger partial charge in [-0.1, -0.05) is 29.8 Å². The highest BCUT2D eigenvalue weighted by Gasteiger charge is 2.17. The predicted octanol–water partition coefficient (Wildman–Crippen LogP) is 4.96. The third-order valence-electron chi connectivity index (χ3n) is 5.39. The summed E-state index contributed by atoms with van der Waals surface area (Å²) in [4.78, 5) is 30.6. The number of anilines is 1. The van der Waals surface area contributed by atoms with Gasteiger partial charge in [-0.05, 0) is 74.4 Å². The number of ether oxygens (including phenoxy) is 1. The second-order valence-electron chi connectivity index (χ2n) is 7.90. The number of aromatic nitrogens is 2. The largest absolute Gasteiger partial charge is 0.438 e. The molecule has 0 aliphatic rings. The van der Waals surface area contributed by atoms with Crippen LogP contribution in [0.4, 0.5) is 5.69 Å². The molecule has 0 radical (unpaired) electrons. The fourth-order valence-corrected chi connectivity index (χ4v) is 3.31. The summed E-state index contributed by atoms with van der Waals surface area (Å²) in [6.07, 6.45) is 2.79. The third kappa shape index (κ3) is 4.71. The lowest BCUT2D eigenvalue weighted by Gasteiger charge is -2.11. The smallest absolute Gasteiger partial charge is 0.269 e. The van der Waals surface area contributed by atoms with Crippen molar-refractivity contribution in [1.29, 1.82) is 5.26 Å². The molecule has 0 aliphatic carbocycles. The van der Waals surface area contributed by atoms with Crippen molar-refractivity contribution < 1.29 is 9.53 Å². The van der Waals surface area contributed by atoms with Crippen LogP contribution in [0.25, 0.3) is 11.7 Å². The van der Waals surface area contributed by atoms with Crippen molar-refractivity contribution in [2.45, 2.75) is 20.8 Å². The van der Waals surface area contributed by atoms with Gasteiger partial charge in [0, 0.05) is 11.9 Å². The Labute approximate surface area is 196 Å². The molecule has 1 N–H and O–H groups in total. The molecule has 2 heterocycles. The van der Waals surface area contributed by atoms with E-state index in [0.29, 0.717) is 17.1 Å². The molecule has 0 unspecified atom stereocenters. The van der Waals surface area contributed by atoms with Crippen molar-refractivity contribution >= 4 is 23.3 Å². The normalized spacial score (nSPS) is 11.2. The first kappa shape index (κ1) is 22.5. The molecule has 7 heteroatoms. The molecular weight excluding hydrogens is 428 g/mol. The number of amides is 1. The van der Waals surface area contributed by atoms with Crippen molar-refractivity contribution in [2.75, 3.05) is 5.32 Å². The van der Waals surface area contributed by atoms with Crippen molar-refractivity contribution in [3.05, 3.63) is 105 Å². The van der Waals surface area contributed by atoms with E-state index in [4.69, 9.17) is 4.74 Å². The maximum atomic E-state index is 13.3. The van der Waals surface area contributed by atoms with Crippen LogP contribution in [0.1, 0.15) is 22.3 Å². The Balaban J connectivity index is 1.78. The number of hydrogen-bond acceptors (Lipinski definition) is 5. The number of rotatable bonds is 5. The van der Waals surface area contributed by atoms with Crippen LogP contribution in [0, 0.1) is 32.1 Å². The van der Waals surface area contributed by atoms with Gasteiger partial charge >= 0.3 is 0 Å². The van der Waals surface area contributed by atoms with Crippen LogP contribution >= 0.6 is 0 Å². The van der Waals surface area contributed by atoms with Crippen molar-refractivity contribution in [2.24, 2.45) is 0 Å². The lowest BCUT2D eigenvalue weighted by molar-refractivity contribution is -0.112. The van der Waals surface area contributed by atoms with Gasteiger partial charge < -0.3 is 10.1 Å². The van der Waals surface area contributed by atoms with Crippen LogP contribution in [-0.2, 0) is 4.79 Å². The van der Waals surface area contributed by atoms with E-state index in [1.54, 1.807) is 42.6 Å². The SMILES string of the molecule is Cc1ccc(Oc2nc3ccccn3c(=O)c2/C=C(\C#N)C(=O)Nc2ccc(C)c(C)c2)cc1. The highest BCUT2D eigenvalue weighted by molar-refractivity contribution is 6.09. The molecule has 0 spiro atoms. The van der Waals surface area contributed by atoms with Crippen LogP contribution in [0.5, 0.6) is 11.6 Å². The summed E-state index contributed by atoms with van der Waals surface area (Å²) in [6, 6.07) is 19.7. The molecule has 4 rings (SSSR count). The molecule has 0 saturated carbocycles. The Morgan fingerprint density at radius 1 is 1.06 bits per heavy atom. The first-order valence-corrected chi connectivity index (χ1v) is 10.6. The number of aryl methyl sites for hydroxylation is 3. The van der Waals surface area contributed by atoms with E-state index in [-0.39, 0.29) is 17.0 Å². The number of carbonyl (C=O) groups is 1. The summed E-state index contributed by atoms with van der Waals surface area (Å²) in [6.45, 7) is 5.85. The molecule has 0 fully saturated rings. The number of nitriles is 1. The lowest BCUT2D eigenvalue weighted by atomic mass is 10.1. The minimum absolute atomic E-state index is 0.00365. The van der Waals surface area contributed by atoms with Crippen molar-refractivity contribution in [1.82, 2.24) is 9.38 Å². The molecule has 2 aromatic heterocycles. The van der Waals surface area contributed by atoms with Crippen molar-refractivity contribution in [3.8, 4) is 17.7 Å². The molecular formula is C27H22N4O3. The molecule has 168 valence electrons. The number of nitrogens with one attached hydrogen (secondary N) is 1. The fraction of sp³-hybridized carbons (Fsp3) is 0.111. The Morgan fingerprint density at radius 2 is 1.82 bits per heavy atom. The topological polar surface area (TPSA) is 96.5 Å². The Hall–Kier alpha value is -4.70. The van der Waals surface area contributed by atoms with E-state index in [0.717, 1.165) is 16.7 Å². The zero-order chi connectivity index (χ0) is 24.2. The molecule has 0 aliphatic heterocycles. The Bertz CT molecular complexity index is 1530. The fourth-order valence-electron chi connectivity index (χ4n) is 3.31. The van der Waals surface area contributed by atoms with Crippen LogP contribution in [0.15, 0.2) is 77.2 Å². The first-order valence-electron chi connectivity index (χ1n) is 10.6. The maximum absolute atomic E-state index is 13.3. The minimum atomic E-state index is -0.635. The van der Waals surface area contributed by atoms with E-state index < -0.39 is 11.5 Å². The number of benzene rings is 2. The summed E-state index contributed by atoms with van der Waals surface area (Å²) < 4.78 is 7.25. The Morgan fingerprint density at radius 3 is 2.53 bits per heavy atom. The summed E-state index contributed by atoms with van der Waals surface area (Å²) in [5.74, 6) is -0.151. The van der Waals surface area contributed by atoms with Gasteiger partial charge in [0.25, 0.3) is 11.5 Å². The van der Waals surface area contributed by atoms with Gasteiger partial charge in [-0.25, -0.2) is 0 Å². The van der Waals surface area contributed by atoms with Gasteiger partial charge in [0.1, 0.15) is 28.6 Å². The first-order chi connectivity index (χ1) is 16.4. The van der Waals surface area contributed by atoms with E-state index >= 15 is 0 Å². The standard InChI is InChI=1S/C27H22N4O3/c1-17-7-11-22(12-8-17)34-26-23(27(33)31-13-5-4-6-24(31)30-26)15-20(16-28)25(32)29-21-10-9-18(2)19(3)14-21/h4-15H,1-3H3,(H,29,32)/b20-15+. The number of fused-ring (bicyclic) bond motifs is 1. The summed E-state index contributed by atoms with van der Waals surface area (Å²) >= 11 is 0. The molecule has 0 atom stereocenters. The number of hydrogen-bond donors (Lipinski definition) is 1. The molecule has 1 amide bonds. The van der Waals surface area contributed by atoms with E-state index in [1.165, 1.54) is 10.5 Å². The summed E-state index contributed by atoms with van der Waals surface area (Å²) in [7, 11) is 0. The zero-order valence-electron chi connectivity index (χ0n) is 19.0. The number of carbonyl (C=O) groups excluding carboxylic acids is 1. The Kier molecular flexibility index (Phi) is 6.24.